The fourth-order valence-electron chi connectivity index (χ4n) is 3.10. The van der Waals surface area contributed by atoms with Gasteiger partial charge in [-0.1, -0.05) is 12.1 Å². The van der Waals surface area contributed by atoms with Crippen molar-refractivity contribution in [2.24, 2.45) is 0 Å². The summed E-state index contributed by atoms with van der Waals surface area (Å²) in [5.74, 6) is 0.197. The first-order valence-corrected chi connectivity index (χ1v) is 9.47. The van der Waals surface area contributed by atoms with Crippen LogP contribution in [0.1, 0.15) is 22.8 Å². The third kappa shape index (κ3) is 4.86. The number of nitro benzene ring substituents is 1. The molecule has 0 spiro atoms. The van der Waals surface area contributed by atoms with Gasteiger partial charge in [-0.2, -0.15) is 0 Å². The van der Waals surface area contributed by atoms with E-state index in [0.717, 1.165) is 0 Å². The molecule has 1 atom stereocenters. The maximum absolute atomic E-state index is 12.5. The highest BCUT2D eigenvalue weighted by molar-refractivity contribution is 5.91. The SMILES string of the molecule is CCN(C[C@@H]1COc2ccccc2O1)C(=O)COC(=O)c1ccc([N+](=O)[O-])c(C)c1. The number of benzene rings is 2. The van der Waals surface area contributed by atoms with Gasteiger partial charge in [0.1, 0.15) is 6.61 Å². The number of ether oxygens (including phenoxy) is 3. The van der Waals surface area contributed by atoms with E-state index in [9.17, 15) is 19.7 Å². The molecule has 3 rings (SSSR count). The summed E-state index contributed by atoms with van der Waals surface area (Å²) < 4.78 is 16.6. The second-order valence-electron chi connectivity index (χ2n) is 6.76. The minimum atomic E-state index is -0.719. The Hall–Kier alpha value is -3.62. The predicted molar refractivity (Wildman–Crippen MR) is 107 cm³/mol. The Labute approximate surface area is 173 Å². The molecule has 2 aromatic rings. The zero-order valence-electron chi connectivity index (χ0n) is 16.7. The number of esters is 1. The van der Waals surface area contributed by atoms with Crippen molar-refractivity contribution in [1.29, 1.82) is 0 Å². The van der Waals surface area contributed by atoms with Gasteiger partial charge < -0.3 is 19.1 Å². The molecule has 0 fully saturated rings. The number of likely N-dealkylation sites (N-methyl/N-ethyl adjacent to an activating group) is 1. The molecule has 2 aromatic carbocycles. The molecule has 0 N–H and O–H groups in total. The second-order valence-corrected chi connectivity index (χ2v) is 6.76. The highest BCUT2D eigenvalue weighted by Crippen LogP contribution is 2.31. The van der Waals surface area contributed by atoms with Crippen LogP contribution in [0, 0.1) is 17.0 Å². The summed E-state index contributed by atoms with van der Waals surface area (Å²) in [5, 5.41) is 10.9. The summed E-state index contributed by atoms with van der Waals surface area (Å²) in [5.41, 5.74) is 0.399. The van der Waals surface area contributed by atoms with E-state index in [0.29, 0.717) is 30.2 Å². The molecular formula is C21H22N2O7. The molecule has 0 unspecified atom stereocenters. The monoisotopic (exact) mass is 414 g/mol. The third-order valence-corrected chi connectivity index (χ3v) is 4.68. The summed E-state index contributed by atoms with van der Waals surface area (Å²) in [4.78, 5) is 36.6. The Balaban J connectivity index is 1.55. The van der Waals surface area contributed by atoms with Gasteiger partial charge in [-0.05, 0) is 38.1 Å². The lowest BCUT2D eigenvalue weighted by Crippen LogP contribution is -2.45. The van der Waals surface area contributed by atoms with E-state index in [1.54, 1.807) is 6.07 Å². The smallest absolute Gasteiger partial charge is 0.338 e. The van der Waals surface area contributed by atoms with Gasteiger partial charge in [0.15, 0.2) is 24.2 Å². The van der Waals surface area contributed by atoms with Gasteiger partial charge in [0.25, 0.3) is 11.6 Å². The lowest BCUT2D eigenvalue weighted by molar-refractivity contribution is -0.385. The van der Waals surface area contributed by atoms with Crippen LogP contribution in [0.2, 0.25) is 0 Å². The predicted octanol–water partition coefficient (Wildman–Crippen LogP) is 2.75. The highest BCUT2D eigenvalue weighted by atomic mass is 16.6. The molecule has 9 nitrogen and oxygen atoms in total. The van der Waals surface area contributed by atoms with Crippen LogP contribution >= 0.6 is 0 Å². The zero-order valence-corrected chi connectivity index (χ0v) is 16.7. The zero-order chi connectivity index (χ0) is 21.7. The van der Waals surface area contributed by atoms with Gasteiger partial charge in [0, 0.05) is 18.2 Å². The fraction of sp³-hybridized carbons (Fsp3) is 0.333. The van der Waals surface area contributed by atoms with E-state index in [-0.39, 0.29) is 29.8 Å². The number of para-hydroxylation sites is 2. The average molecular weight is 414 g/mol. The lowest BCUT2D eigenvalue weighted by atomic mass is 10.1. The van der Waals surface area contributed by atoms with Crippen LogP contribution in [0.15, 0.2) is 42.5 Å². The van der Waals surface area contributed by atoms with Crippen molar-refractivity contribution in [1.82, 2.24) is 4.90 Å². The van der Waals surface area contributed by atoms with Gasteiger partial charge in [0.05, 0.1) is 17.0 Å². The summed E-state index contributed by atoms with van der Waals surface area (Å²) in [7, 11) is 0. The normalized spacial score (nSPS) is 14.7. The maximum Gasteiger partial charge on any atom is 0.338 e. The Morgan fingerprint density at radius 1 is 1.23 bits per heavy atom. The molecule has 1 aliphatic heterocycles. The van der Waals surface area contributed by atoms with Crippen LogP contribution in [0.4, 0.5) is 5.69 Å². The largest absolute Gasteiger partial charge is 0.486 e. The van der Waals surface area contributed by atoms with Crippen LogP contribution in [-0.2, 0) is 9.53 Å². The summed E-state index contributed by atoms with van der Waals surface area (Å²) in [6.07, 6.45) is -0.336. The van der Waals surface area contributed by atoms with E-state index < -0.39 is 17.5 Å². The van der Waals surface area contributed by atoms with E-state index >= 15 is 0 Å². The van der Waals surface area contributed by atoms with E-state index in [1.165, 1.54) is 30.0 Å². The molecule has 30 heavy (non-hydrogen) atoms. The van der Waals surface area contributed by atoms with Crippen LogP contribution in [0.5, 0.6) is 11.5 Å². The maximum atomic E-state index is 12.5. The molecule has 1 heterocycles. The van der Waals surface area contributed by atoms with E-state index in [4.69, 9.17) is 14.2 Å². The molecule has 1 amide bonds. The number of aryl methyl sites for hydroxylation is 1. The molecule has 0 bridgehead atoms. The van der Waals surface area contributed by atoms with Crippen molar-refractivity contribution >= 4 is 17.6 Å². The number of carbonyl (C=O) groups is 2. The first-order chi connectivity index (χ1) is 14.4. The van der Waals surface area contributed by atoms with Crippen LogP contribution in [0.3, 0.4) is 0 Å². The van der Waals surface area contributed by atoms with Crippen LogP contribution in [0.25, 0.3) is 0 Å². The summed E-state index contributed by atoms with van der Waals surface area (Å²) in [6.45, 7) is 3.92. The van der Waals surface area contributed by atoms with Gasteiger partial charge in [-0.3, -0.25) is 14.9 Å². The standard InChI is InChI=1S/C21H22N2O7/c1-3-22(11-16-12-28-18-6-4-5-7-19(18)30-16)20(24)13-29-21(25)15-8-9-17(23(26)27)14(2)10-15/h4-10,16H,3,11-13H2,1-2H3/t16-/m1/s1. The van der Waals surface area contributed by atoms with E-state index in [1.807, 2.05) is 25.1 Å². The van der Waals surface area contributed by atoms with Crippen molar-refractivity contribution < 1.29 is 28.7 Å². The molecule has 0 saturated heterocycles. The Kier molecular flexibility index (Phi) is 6.51. The first kappa shape index (κ1) is 21.1. The Morgan fingerprint density at radius 3 is 2.63 bits per heavy atom. The average Bonchev–Trinajstić information content (AvgIpc) is 2.75. The van der Waals surface area contributed by atoms with Gasteiger partial charge >= 0.3 is 5.97 Å². The number of nitrogens with zero attached hydrogens (tertiary/aromatic N) is 2. The molecule has 9 heteroatoms. The fourth-order valence-corrected chi connectivity index (χ4v) is 3.10. The number of carbonyl (C=O) groups excluding carboxylic acids is 2. The quantitative estimate of drug-likeness (QED) is 0.389. The van der Waals surface area contributed by atoms with Crippen LogP contribution < -0.4 is 9.47 Å². The molecular weight excluding hydrogens is 392 g/mol. The number of hydrogen-bond acceptors (Lipinski definition) is 7. The van der Waals surface area contributed by atoms with E-state index in [2.05, 4.69) is 0 Å². The van der Waals surface area contributed by atoms with Crippen LogP contribution in [-0.4, -0.2) is 54.1 Å². The molecule has 0 saturated carbocycles. The minimum Gasteiger partial charge on any atom is -0.486 e. The minimum absolute atomic E-state index is 0.0870. The summed E-state index contributed by atoms with van der Waals surface area (Å²) >= 11 is 0. The lowest BCUT2D eigenvalue weighted by Gasteiger charge is -2.30. The summed E-state index contributed by atoms with van der Waals surface area (Å²) in [6, 6.07) is 11.2. The van der Waals surface area contributed by atoms with Crippen molar-refractivity contribution in [3.63, 3.8) is 0 Å². The van der Waals surface area contributed by atoms with Gasteiger partial charge in [-0.25, -0.2) is 4.79 Å². The van der Waals surface area contributed by atoms with Gasteiger partial charge in [0.2, 0.25) is 0 Å². The number of amides is 1. The van der Waals surface area contributed by atoms with Crippen molar-refractivity contribution in [3.8, 4) is 11.5 Å². The second kappa shape index (κ2) is 9.25. The number of nitro groups is 1. The molecule has 0 aliphatic carbocycles. The third-order valence-electron chi connectivity index (χ3n) is 4.68. The first-order valence-electron chi connectivity index (χ1n) is 9.47. The van der Waals surface area contributed by atoms with Crippen molar-refractivity contribution in [2.75, 3.05) is 26.3 Å². The Bertz CT molecular complexity index is 960. The Morgan fingerprint density at radius 2 is 1.97 bits per heavy atom. The van der Waals surface area contributed by atoms with Gasteiger partial charge in [-0.15, -0.1) is 0 Å². The molecule has 0 radical (unpaired) electrons. The van der Waals surface area contributed by atoms with Crippen molar-refractivity contribution in [2.45, 2.75) is 20.0 Å². The topological polar surface area (TPSA) is 108 Å². The number of hydrogen-bond donors (Lipinski definition) is 0. The highest BCUT2D eigenvalue weighted by Gasteiger charge is 2.25. The number of fused-ring (bicyclic) bond motifs is 1. The molecule has 158 valence electrons. The molecule has 0 aromatic heterocycles. The van der Waals surface area contributed by atoms with Crippen molar-refractivity contribution in [3.05, 3.63) is 63.7 Å². The number of rotatable bonds is 7. The molecule has 1 aliphatic rings.